The van der Waals surface area contributed by atoms with Crippen LogP contribution in [0.1, 0.15) is 30.5 Å². The SMILES string of the molecule is CC(C)N(CC(=O)N(CCc1c[nH]c2ccccc12)Cc1ccc(Cl)c(Cl)c1)Cc1ccc(F)cc1. The highest BCUT2D eigenvalue weighted by molar-refractivity contribution is 6.42. The number of amides is 1. The van der Waals surface area contributed by atoms with Gasteiger partial charge in [-0.1, -0.05) is 59.6 Å². The molecule has 3 aromatic carbocycles. The number of hydrogen-bond acceptors (Lipinski definition) is 2. The fourth-order valence-corrected chi connectivity index (χ4v) is 4.58. The number of benzene rings is 3. The van der Waals surface area contributed by atoms with E-state index in [1.54, 1.807) is 18.2 Å². The second-order valence-corrected chi connectivity index (χ2v) is 10.1. The summed E-state index contributed by atoms with van der Waals surface area (Å²) in [6.07, 6.45) is 2.73. The first-order valence-corrected chi connectivity index (χ1v) is 12.8. The van der Waals surface area contributed by atoms with Crippen molar-refractivity contribution in [3.63, 3.8) is 0 Å². The molecule has 1 heterocycles. The minimum absolute atomic E-state index is 0.0247. The lowest BCUT2D eigenvalue weighted by molar-refractivity contribution is -0.133. The van der Waals surface area contributed by atoms with Gasteiger partial charge in [-0.15, -0.1) is 0 Å². The number of para-hydroxylation sites is 1. The van der Waals surface area contributed by atoms with Gasteiger partial charge in [-0.2, -0.15) is 0 Å². The fourth-order valence-electron chi connectivity index (χ4n) is 4.26. The molecule has 0 unspecified atom stereocenters. The van der Waals surface area contributed by atoms with Crippen LogP contribution < -0.4 is 0 Å². The molecule has 36 heavy (non-hydrogen) atoms. The number of hydrogen-bond donors (Lipinski definition) is 1. The zero-order valence-corrected chi connectivity index (χ0v) is 22.0. The van der Waals surface area contributed by atoms with Gasteiger partial charge < -0.3 is 9.88 Å². The van der Waals surface area contributed by atoms with E-state index in [1.807, 2.05) is 41.4 Å². The van der Waals surface area contributed by atoms with Crippen LogP contribution in [0.5, 0.6) is 0 Å². The van der Waals surface area contributed by atoms with Gasteiger partial charge in [-0.3, -0.25) is 9.69 Å². The molecule has 0 radical (unpaired) electrons. The zero-order valence-electron chi connectivity index (χ0n) is 20.5. The first-order valence-electron chi connectivity index (χ1n) is 12.1. The normalized spacial score (nSPS) is 11.5. The van der Waals surface area contributed by atoms with E-state index in [2.05, 4.69) is 29.8 Å². The molecular weight excluding hydrogens is 496 g/mol. The Bertz CT molecular complexity index is 1320. The summed E-state index contributed by atoms with van der Waals surface area (Å²) in [7, 11) is 0. The number of aromatic amines is 1. The highest BCUT2D eigenvalue weighted by Crippen LogP contribution is 2.24. The van der Waals surface area contributed by atoms with E-state index in [0.717, 1.165) is 23.1 Å². The predicted octanol–water partition coefficient (Wildman–Crippen LogP) is 7.10. The van der Waals surface area contributed by atoms with Crippen molar-refractivity contribution in [1.82, 2.24) is 14.8 Å². The molecule has 188 valence electrons. The molecule has 0 aliphatic rings. The van der Waals surface area contributed by atoms with Crippen molar-refractivity contribution < 1.29 is 9.18 Å². The molecule has 1 N–H and O–H groups in total. The number of aromatic nitrogens is 1. The van der Waals surface area contributed by atoms with E-state index in [4.69, 9.17) is 23.2 Å². The Balaban J connectivity index is 1.52. The van der Waals surface area contributed by atoms with Crippen molar-refractivity contribution in [3.05, 3.63) is 105 Å². The summed E-state index contributed by atoms with van der Waals surface area (Å²) < 4.78 is 13.4. The molecule has 1 aromatic heterocycles. The maximum Gasteiger partial charge on any atom is 0.237 e. The third-order valence-electron chi connectivity index (χ3n) is 6.40. The van der Waals surface area contributed by atoms with Crippen LogP contribution in [0.15, 0.2) is 72.9 Å². The van der Waals surface area contributed by atoms with Crippen LogP contribution in [0, 0.1) is 5.82 Å². The van der Waals surface area contributed by atoms with E-state index in [-0.39, 0.29) is 24.3 Å². The minimum Gasteiger partial charge on any atom is -0.361 e. The van der Waals surface area contributed by atoms with E-state index in [9.17, 15) is 9.18 Å². The van der Waals surface area contributed by atoms with Crippen LogP contribution in [-0.4, -0.2) is 39.8 Å². The average Bonchev–Trinajstić information content (AvgIpc) is 3.27. The van der Waals surface area contributed by atoms with Crippen molar-refractivity contribution in [2.24, 2.45) is 0 Å². The van der Waals surface area contributed by atoms with Gasteiger partial charge in [0.2, 0.25) is 5.91 Å². The maximum atomic E-state index is 13.6. The smallest absolute Gasteiger partial charge is 0.237 e. The molecular formula is C29H30Cl2FN3O. The number of fused-ring (bicyclic) bond motifs is 1. The van der Waals surface area contributed by atoms with Gasteiger partial charge in [0.05, 0.1) is 16.6 Å². The molecule has 0 spiro atoms. The van der Waals surface area contributed by atoms with Crippen molar-refractivity contribution in [2.75, 3.05) is 13.1 Å². The molecule has 7 heteroatoms. The van der Waals surface area contributed by atoms with Gasteiger partial charge in [0.25, 0.3) is 0 Å². The number of halogens is 3. The molecule has 0 fully saturated rings. The lowest BCUT2D eigenvalue weighted by Gasteiger charge is -2.30. The molecule has 0 saturated carbocycles. The van der Waals surface area contributed by atoms with E-state index in [0.29, 0.717) is 29.7 Å². The van der Waals surface area contributed by atoms with Crippen molar-refractivity contribution in [2.45, 2.75) is 39.4 Å². The summed E-state index contributed by atoms with van der Waals surface area (Å²) in [6.45, 7) is 5.93. The van der Waals surface area contributed by atoms with Gasteiger partial charge in [0.1, 0.15) is 5.82 Å². The molecule has 0 bridgehead atoms. The molecule has 4 nitrogen and oxygen atoms in total. The van der Waals surface area contributed by atoms with Crippen molar-refractivity contribution >= 4 is 40.0 Å². The van der Waals surface area contributed by atoms with Crippen molar-refractivity contribution in [3.8, 4) is 0 Å². The lowest BCUT2D eigenvalue weighted by atomic mass is 10.1. The zero-order chi connectivity index (χ0) is 25.7. The summed E-state index contributed by atoms with van der Waals surface area (Å²) in [5, 5.41) is 2.13. The monoisotopic (exact) mass is 525 g/mol. The summed E-state index contributed by atoms with van der Waals surface area (Å²) in [5.74, 6) is -0.243. The molecule has 4 rings (SSSR count). The van der Waals surface area contributed by atoms with E-state index in [1.165, 1.54) is 23.1 Å². The van der Waals surface area contributed by atoms with E-state index >= 15 is 0 Å². The van der Waals surface area contributed by atoms with E-state index < -0.39 is 0 Å². The molecule has 1 amide bonds. The molecule has 4 aromatic rings. The Labute approximate surface area is 221 Å². The maximum absolute atomic E-state index is 13.6. The van der Waals surface area contributed by atoms with Crippen LogP contribution in [0.3, 0.4) is 0 Å². The number of carbonyl (C=O) groups excluding carboxylic acids is 1. The van der Waals surface area contributed by atoms with Crippen LogP contribution in [0.2, 0.25) is 10.0 Å². The molecule has 0 atom stereocenters. The number of nitrogens with zero attached hydrogens (tertiary/aromatic N) is 2. The number of carbonyl (C=O) groups is 1. The first kappa shape index (κ1) is 26.2. The van der Waals surface area contributed by atoms with Crippen LogP contribution in [-0.2, 0) is 24.3 Å². The quantitative estimate of drug-likeness (QED) is 0.240. The Morgan fingerprint density at radius 3 is 2.39 bits per heavy atom. The summed E-state index contributed by atoms with van der Waals surface area (Å²) in [5.41, 5.74) is 4.14. The van der Waals surface area contributed by atoms with Crippen LogP contribution in [0.4, 0.5) is 4.39 Å². The predicted molar refractivity (Wildman–Crippen MR) is 146 cm³/mol. The largest absolute Gasteiger partial charge is 0.361 e. The fraction of sp³-hybridized carbons (Fsp3) is 0.276. The molecule has 0 saturated heterocycles. The molecule has 0 aliphatic heterocycles. The summed E-state index contributed by atoms with van der Waals surface area (Å²) >= 11 is 12.4. The summed E-state index contributed by atoms with van der Waals surface area (Å²) in [4.78, 5) is 20.9. The third kappa shape index (κ3) is 6.67. The van der Waals surface area contributed by atoms with Gasteiger partial charge in [-0.25, -0.2) is 4.39 Å². The standard InChI is InChI=1S/C29H30Cl2FN3O/c1-20(2)35(17-21-7-10-24(32)11-8-21)19-29(36)34(18-22-9-12-26(30)27(31)15-22)14-13-23-16-33-28-6-4-3-5-25(23)28/h3-12,15-16,20,33H,13-14,17-19H2,1-2H3. The van der Waals surface area contributed by atoms with Crippen LogP contribution in [0.25, 0.3) is 10.9 Å². The minimum atomic E-state index is -0.268. The van der Waals surface area contributed by atoms with Gasteiger partial charge in [0.15, 0.2) is 0 Å². The summed E-state index contributed by atoms with van der Waals surface area (Å²) in [6, 6.07) is 20.2. The lowest BCUT2D eigenvalue weighted by Crippen LogP contribution is -2.43. The Kier molecular flexibility index (Phi) is 8.68. The second kappa shape index (κ2) is 11.9. The molecule has 0 aliphatic carbocycles. The van der Waals surface area contributed by atoms with Gasteiger partial charge >= 0.3 is 0 Å². The third-order valence-corrected chi connectivity index (χ3v) is 7.14. The number of H-pyrrole nitrogens is 1. The second-order valence-electron chi connectivity index (χ2n) is 9.30. The Hall–Kier alpha value is -2.86. The number of rotatable bonds is 10. The highest BCUT2D eigenvalue weighted by Gasteiger charge is 2.21. The number of nitrogens with one attached hydrogen (secondary N) is 1. The average molecular weight is 526 g/mol. The van der Waals surface area contributed by atoms with Crippen molar-refractivity contribution in [1.29, 1.82) is 0 Å². The Morgan fingerprint density at radius 1 is 0.944 bits per heavy atom. The first-order chi connectivity index (χ1) is 17.3. The highest BCUT2D eigenvalue weighted by atomic mass is 35.5. The topological polar surface area (TPSA) is 39.3 Å². The van der Waals surface area contributed by atoms with Gasteiger partial charge in [0, 0.05) is 42.8 Å². The Morgan fingerprint density at radius 2 is 1.67 bits per heavy atom. The van der Waals surface area contributed by atoms with Crippen LogP contribution >= 0.6 is 23.2 Å². The van der Waals surface area contributed by atoms with Gasteiger partial charge in [-0.05, 0) is 67.3 Å².